The van der Waals surface area contributed by atoms with Crippen LogP contribution in [0.5, 0.6) is 0 Å². The maximum atomic E-state index is 10.8. The molecular formula is C8H7N3O2. The summed E-state index contributed by atoms with van der Waals surface area (Å²) in [5.74, 6) is -0.680. The maximum Gasteiger partial charge on any atom is 0.268 e. The van der Waals surface area contributed by atoms with Gasteiger partial charge in [-0.2, -0.15) is 4.73 Å². The second-order valence-corrected chi connectivity index (χ2v) is 2.61. The van der Waals surface area contributed by atoms with Crippen molar-refractivity contribution in [2.45, 2.75) is 0 Å². The van der Waals surface area contributed by atoms with Gasteiger partial charge in [0.1, 0.15) is 11.2 Å². The summed E-state index contributed by atoms with van der Waals surface area (Å²) in [6.45, 7) is 0. The number of pyridine rings is 1. The van der Waals surface area contributed by atoms with E-state index in [0.717, 1.165) is 4.73 Å². The number of carbonyl (C=O) groups excluding carboxylic acids is 1. The Bertz CT molecular complexity index is 475. The van der Waals surface area contributed by atoms with Gasteiger partial charge < -0.3 is 10.9 Å². The molecule has 0 aliphatic carbocycles. The van der Waals surface area contributed by atoms with Crippen LogP contribution in [0.25, 0.3) is 11.0 Å². The quantitative estimate of drug-likeness (QED) is 0.617. The number of hydrogen-bond donors (Lipinski definition) is 2. The topological polar surface area (TPSA) is 81.1 Å². The van der Waals surface area contributed by atoms with Crippen LogP contribution in [0, 0.1) is 0 Å². The molecule has 2 aromatic rings. The minimum absolute atomic E-state index is 0.0358. The molecule has 0 saturated carbocycles. The normalized spacial score (nSPS) is 10.5. The number of rotatable bonds is 1. The molecule has 0 radical (unpaired) electrons. The Morgan fingerprint density at radius 3 is 3.00 bits per heavy atom. The highest BCUT2D eigenvalue weighted by molar-refractivity contribution is 5.96. The maximum absolute atomic E-state index is 10.8. The number of nitrogens with zero attached hydrogens (tertiary/aromatic N) is 2. The smallest absolute Gasteiger partial charge is 0.268 e. The van der Waals surface area contributed by atoms with Gasteiger partial charge in [-0.15, -0.1) is 0 Å². The largest absolute Gasteiger partial charge is 0.428 e. The van der Waals surface area contributed by atoms with E-state index in [-0.39, 0.29) is 5.69 Å². The van der Waals surface area contributed by atoms with Gasteiger partial charge in [0, 0.05) is 6.20 Å². The number of amides is 1. The molecule has 0 aromatic carbocycles. The minimum atomic E-state index is -0.680. The number of hydrogen-bond acceptors (Lipinski definition) is 3. The monoisotopic (exact) mass is 177 g/mol. The van der Waals surface area contributed by atoms with Gasteiger partial charge in [0.15, 0.2) is 0 Å². The minimum Gasteiger partial charge on any atom is -0.428 e. The van der Waals surface area contributed by atoms with Gasteiger partial charge in [-0.05, 0) is 18.2 Å². The molecule has 2 heterocycles. The van der Waals surface area contributed by atoms with Crippen LogP contribution in [0.2, 0.25) is 0 Å². The van der Waals surface area contributed by atoms with Crippen molar-refractivity contribution >= 4 is 16.9 Å². The Kier molecular flexibility index (Phi) is 1.45. The molecule has 5 nitrogen and oxygen atoms in total. The highest BCUT2D eigenvalue weighted by Gasteiger charge is 2.11. The SMILES string of the molecule is NC(=O)c1cc2ncccc2n1O. The van der Waals surface area contributed by atoms with E-state index in [1.807, 2.05) is 0 Å². The Morgan fingerprint density at radius 1 is 1.62 bits per heavy atom. The van der Waals surface area contributed by atoms with E-state index in [1.165, 1.54) is 6.07 Å². The van der Waals surface area contributed by atoms with Crippen molar-refractivity contribution in [2.75, 3.05) is 0 Å². The zero-order valence-electron chi connectivity index (χ0n) is 6.64. The fourth-order valence-corrected chi connectivity index (χ4v) is 1.20. The number of primary amides is 1. The first-order valence-electron chi connectivity index (χ1n) is 3.65. The third kappa shape index (κ3) is 1.01. The summed E-state index contributed by atoms with van der Waals surface area (Å²) >= 11 is 0. The Hall–Kier alpha value is -2.04. The molecule has 1 amide bonds. The fourth-order valence-electron chi connectivity index (χ4n) is 1.20. The highest BCUT2D eigenvalue weighted by Crippen LogP contribution is 2.14. The summed E-state index contributed by atoms with van der Waals surface area (Å²) in [5, 5.41) is 9.44. The van der Waals surface area contributed by atoms with E-state index in [9.17, 15) is 10.0 Å². The van der Waals surface area contributed by atoms with Crippen molar-refractivity contribution in [1.29, 1.82) is 0 Å². The summed E-state index contributed by atoms with van der Waals surface area (Å²) in [6.07, 6.45) is 1.58. The zero-order valence-corrected chi connectivity index (χ0v) is 6.64. The van der Waals surface area contributed by atoms with Gasteiger partial charge >= 0.3 is 0 Å². The molecule has 5 heteroatoms. The molecule has 2 rings (SSSR count). The van der Waals surface area contributed by atoms with Gasteiger partial charge in [-0.1, -0.05) is 0 Å². The Balaban J connectivity index is 2.81. The van der Waals surface area contributed by atoms with Crippen molar-refractivity contribution in [3.63, 3.8) is 0 Å². The van der Waals surface area contributed by atoms with E-state index < -0.39 is 5.91 Å². The summed E-state index contributed by atoms with van der Waals surface area (Å²) in [5.41, 5.74) is 6.08. The molecule has 0 aliphatic heterocycles. The molecule has 2 aromatic heterocycles. The molecule has 0 atom stereocenters. The van der Waals surface area contributed by atoms with Crippen molar-refractivity contribution in [3.8, 4) is 0 Å². The number of nitrogens with two attached hydrogens (primary N) is 1. The number of carbonyl (C=O) groups is 1. The molecule has 0 unspecified atom stereocenters. The lowest BCUT2D eigenvalue weighted by Gasteiger charge is -1.96. The highest BCUT2D eigenvalue weighted by atomic mass is 16.5. The Morgan fingerprint density at radius 2 is 2.38 bits per heavy atom. The second kappa shape index (κ2) is 2.48. The van der Waals surface area contributed by atoms with Gasteiger partial charge in [0.2, 0.25) is 0 Å². The lowest BCUT2D eigenvalue weighted by Crippen LogP contribution is -2.15. The molecule has 0 aliphatic rings. The number of aromatic nitrogens is 2. The van der Waals surface area contributed by atoms with Crippen LogP contribution in [0.15, 0.2) is 24.4 Å². The summed E-state index contributed by atoms with van der Waals surface area (Å²) in [6, 6.07) is 4.76. The zero-order chi connectivity index (χ0) is 9.42. The van der Waals surface area contributed by atoms with Gasteiger partial charge in [0.05, 0.1) is 5.52 Å². The van der Waals surface area contributed by atoms with E-state index in [1.54, 1.807) is 18.3 Å². The molecule has 66 valence electrons. The average Bonchev–Trinajstić information content (AvgIpc) is 2.45. The summed E-state index contributed by atoms with van der Waals surface area (Å²) in [7, 11) is 0. The van der Waals surface area contributed by atoms with E-state index in [4.69, 9.17) is 5.73 Å². The lowest BCUT2D eigenvalue weighted by molar-refractivity contribution is 0.0956. The van der Waals surface area contributed by atoms with Gasteiger partial charge in [-0.25, -0.2) is 0 Å². The van der Waals surface area contributed by atoms with E-state index in [0.29, 0.717) is 11.0 Å². The van der Waals surface area contributed by atoms with Crippen molar-refractivity contribution in [1.82, 2.24) is 9.71 Å². The second-order valence-electron chi connectivity index (χ2n) is 2.61. The van der Waals surface area contributed by atoms with Crippen LogP contribution in [-0.4, -0.2) is 20.8 Å². The average molecular weight is 177 g/mol. The molecule has 3 N–H and O–H groups in total. The predicted molar refractivity (Wildman–Crippen MR) is 45.4 cm³/mol. The van der Waals surface area contributed by atoms with E-state index in [2.05, 4.69) is 4.98 Å². The molecule has 0 saturated heterocycles. The summed E-state index contributed by atoms with van der Waals surface area (Å²) in [4.78, 5) is 14.8. The van der Waals surface area contributed by atoms with E-state index >= 15 is 0 Å². The predicted octanol–water partition coefficient (Wildman–Crippen LogP) is 0.372. The number of fused-ring (bicyclic) bond motifs is 1. The summed E-state index contributed by atoms with van der Waals surface area (Å²) < 4.78 is 0.741. The third-order valence-electron chi connectivity index (χ3n) is 1.80. The lowest BCUT2D eigenvalue weighted by atomic mass is 10.4. The standard InChI is InChI=1S/C8H7N3O2/c9-8(12)7-4-5-6(11(7)13)2-1-3-10-5/h1-4,13H,(H2,9,12). The van der Waals surface area contributed by atoms with Gasteiger partial charge in [-0.3, -0.25) is 9.78 Å². The Labute approximate surface area is 73.4 Å². The molecule has 13 heavy (non-hydrogen) atoms. The first-order chi connectivity index (χ1) is 6.20. The first-order valence-corrected chi connectivity index (χ1v) is 3.65. The molecular weight excluding hydrogens is 170 g/mol. The van der Waals surface area contributed by atoms with Crippen molar-refractivity contribution < 1.29 is 10.0 Å². The molecule has 0 fully saturated rings. The van der Waals surface area contributed by atoms with Crippen LogP contribution in [0.3, 0.4) is 0 Å². The van der Waals surface area contributed by atoms with Crippen LogP contribution in [-0.2, 0) is 0 Å². The van der Waals surface area contributed by atoms with Crippen LogP contribution in [0.1, 0.15) is 10.5 Å². The van der Waals surface area contributed by atoms with Crippen molar-refractivity contribution in [2.24, 2.45) is 5.73 Å². The van der Waals surface area contributed by atoms with Crippen molar-refractivity contribution in [3.05, 3.63) is 30.1 Å². The van der Waals surface area contributed by atoms with Crippen LogP contribution < -0.4 is 5.73 Å². The van der Waals surface area contributed by atoms with Crippen LogP contribution in [0.4, 0.5) is 0 Å². The first kappa shape index (κ1) is 7.60. The van der Waals surface area contributed by atoms with Crippen LogP contribution >= 0.6 is 0 Å². The fraction of sp³-hybridized carbons (Fsp3) is 0. The van der Waals surface area contributed by atoms with Gasteiger partial charge in [0.25, 0.3) is 5.91 Å². The molecule has 0 bridgehead atoms. The third-order valence-corrected chi connectivity index (χ3v) is 1.80. The molecule has 0 spiro atoms.